The molecule has 1 aromatic rings. The Morgan fingerprint density at radius 3 is 1.74 bits per heavy atom. The zero-order chi connectivity index (χ0) is 21.4. The molecule has 0 bridgehead atoms. The lowest BCUT2D eigenvalue weighted by molar-refractivity contribution is 0.0950. The van der Waals surface area contributed by atoms with Gasteiger partial charge in [-0.2, -0.15) is 0 Å². The first-order chi connectivity index (χ1) is 11.9. The number of amides is 1. The molecule has 4 heteroatoms. The zero-order valence-electron chi connectivity index (χ0n) is 19.0. The molecule has 1 aromatic carbocycles. The molecule has 0 unspecified atom stereocenters. The van der Waals surface area contributed by atoms with E-state index >= 15 is 0 Å². The van der Waals surface area contributed by atoms with Gasteiger partial charge in [-0.15, -0.1) is 0 Å². The molecule has 0 saturated heterocycles. The van der Waals surface area contributed by atoms with Crippen LogP contribution in [-0.4, -0.2) is 11.0 Å². The number of rotatable bonds is 5. The number of nitrogens with one attached hydrogen (secondary N) is 1. The number of phenolic OH excluding ortho intramolecular Hbond substituents is 1. The summed E-state index contributed by atoms with van der Waals surface area (Å²) in [6, 6.07) is 3.88. The summed E-state index contributed by atoms with van der Waals surface area (Å²) in [4.78, 5) is 12.4. The molecule has 1 rings (SSSR count). The molecule has 0 saturated carbocycles. The number of phenols is 1. The highest BCUT2D eigenvalue weighted by Crippen LogP contribution is 2.45. The lowest BCUT2D eigenvalue weighted by atomic mass is 9.68. The fraction of sp³-hybridized carbons (Fsp3) is 0.696. The summed E-state index contributed by atoms with van der Waals surface area (Å²) in [7, 11) is 0. The normalized spacial score (nSPS) is 13.6. The molecule has 0 spiro atoms. The highest BCUT2D eigenvalue weighted by atomic mass is 16.3. The molecule has 4 nitrogen and oxygen atoms in total. The molecular formula is C23H40N2O2. The Morgan fingerprint density at radius 1 is 0.889 bits per heavy atom. The minimum absolute atomic E-state index is 0.0301. The minimum Gasteiger partial charge on any atom is -0.507 e. The first-order valence-electron chi connectivity index (χ1n) is 9.79. The Kier molecular flexibility index (Phi) is 6.49. The lowest BCUT2D eigenvalue weighted by Crippen LogP contribution is -2.32. The van der Waals surface area contributed by atoms with Crippen LogP contribution < -0.4 is 11.3 Å². The van der Waals surface area contributed by atoms with Gasteiger partial charge in [-0.05, 0) is 46.1 Å². The SMILES string of the molecule is CC(C)(C)CC(C)(C)c1cc(C(=O)NN)c(O)c(C(C)(C)CC(C)(C)C)c1. The molecule has 0 atom stereocenters. The number of carbonyl (C=O) groups is 1. The van der Waals surface area contributed by atoms with Crippen LogP contribution in [0, 0.1) is 10.8 Å². The van der Waals surface area contributed by atoms with Crippen molar-refractivity contribution in [3.05, 3.63) is 28.8 Å². The van der Waals surface area contributed by atoms with Crippen molar-refractivity contribution in [3.63, 3.8) is 0 Å². The van der Waals surface area contributed by atoms with Crippen molar-refractivity contribution < 1.29 is 9.90 Å². The maximum atomic E-state index is 12.4. The number of benzene rings is 1. The van der Waals surface area contributed by atoms with Gasteiger partial charge in [0.1, 0.15) is 5.75 Å². The third kappa shape index (κ3) is 6.24. The van der Waals surface area contributed by atoms with Gasteiger partial charge < -0.3 is 5.11 Å². The Morgan fingerprint density at radius 2 is 1.33 bits per heavy atom. The van der Waals surface area contributed by atoms with E-state index < -0.39 is 5.91 Å². The van der Waals surface area contributed by atoms with Crippen LogP contribution in [0.1, 0.15) is 104 Å². The van der Waals surface area contributed by atoms with Crippen LogP contribution in [0.4, 0.5) is 0 Å². The molecular weight excluding hydrogens is 336 g/mol. The topological polar surface area (TPSA) is 75.4 Å². The number of hydrazine groups is 1. The molecule has 0 aliphatic carbocycles. The maximum absolute atomic E-state index is 12.4. The van der Waals surface area contributed by atoms with Crippen LogP contribution in [-0.2, 0) is 10.8 Å². The molecule has 0 radical (unpaired) electrons. The van der Waals surface area contributed by atoms with E-state index in [0.717, 1.165) is 24.0 Å². The van der Waals surface area contributed by atoms with Crippen LogP contribution in [0.5, 0.6) is 5.75 Å². The Hall–Kier alpha value is -1.55. The van der Waals surface area contributed by atoms with Crippen molar-refractivity contribution in [2.45, 2.75) is 92.9 Å². The lowest BCUT2D eigenvalue weighted by Gasteiger charge is -2.37. The van der Waals surface area contributed by atoms with Gasteiger partial charge in [0.25, 0.3) is 5.91 Å². The van der Waals surface area contributed by atoms with E-state index in [4.69, 9.17) is 5.84 Å². The van der Waals surface area contributed by atoms with E-state index in [2.05, 4.69) is 80.7 Å². The maximum Gasteiger partial charge on any atom is 0.268 e. The van der Waals surface area contributed by atoms with E-state index in [0.29, 0.717) is 0 Å². The molecule has 0 heterocycles. The van der Waals surface area contributed by atoms with Crippen molar-refractivity contribution in [1.29, 1.82) is 0 Å². The van der Waals surface area contributed by atoms with Gasteiger partial charge in [0.2, 0.25) is 0 Å². The Bertz CT molecular complexity index is 690. The van der Waals surface area contributed by atoms with Crippen LogP contribution in [0.2, 0.25) is 0 Å². The summed E-state index contributed by atoms with van der Waals surface area (Å²) in [5.74, 6) is 4.95. The van der Waals surface area contributed by atoms with E-state index in [-0.39, 0.29) is 33.0 Å². The third-order valence-corrected chi connectivity index (χ3v) is 4.94. The molecule has 1 amide bonds. The molecule has 0 fully saturated rings. The summed E-state index contributed by atoms with van der Waals surface area (Å²) >= 11 is 0. The van der Waals surface area contributed by atoms with E-state index in [1.165, 1.54) is 0 Å². The predicted molar refractivity (Wildman–Crippen MR) is 114 cm³/mol. The quantitative estimate of drug-likeness (QED) is 0.365. The highest BCUT2D eigenvalue weighted by Gasteiger charge is 2.35. The van der Waals surface area contributed by atoms with Crippen LogP contribution in [0.15, 0.2) is 12.1 Å². The molecule has 0 aliphatic rings. The van der Waals surface area contributed by atoms with Crippen molar-refractivity contribution in [2.24, 2.45) is 16.7 Å². The van der Waals surface area contributed by atoms with Crippen LogP contribution >= 0.6 is 0 Å². The molecule has 27 heavy (non-hydrogen) atoms. The molecule has 154 valence electrons. The van der Waals surface area contributed by atoms with Crippen molar-refractivity contribution in [1.82, 2.24) is 5.43 Å². The van der Waals surface area contributed by atoms with Gasteiger partial charge in [0, 0.05) is 5.56 Å². The summed E-state index contributed by atoms with van der Waals surface area (Å²) in [6.07, 6.45) is 1.83. The number of hydrogen-bond donors (Lipinski definition) is 3. The Balaban J connectivity index is 3.67. The second kappa shape index (κ2) is 7.46. The number of nitrogens with two attached hydrogens (primary N) is 1. The third-order valence-electron chi connectivity index (χ3n) is 4.94. The van der Waals surface area contributed by atoms with Crippen molar-refractivity contribution in [3.8, 4) is 5.75 Å². The molecule has 0 aliphatic heterocycles. The number of hydrogen-bond acceptors (Lipinski definition) is 3. The van der Waals surface area contributed by atoms with Gasteiger partial charge in [0.05, 0.1) is 5.56 Å². The number of aromatic hydroxyl groups is 1. The standard InChI is InChI=1S/C23H40N2O2/c1-20(2,3)13-22(7,8)15-11-16(19(27)25-24)18(26)17(12-15)23(9,10)14-21(4,5)6/h11-12,26H,13-14,24H2,1-10H3,(H,25,27). The fourth-order valence-electron chi connectivity index (χ4n) is 4.64. The summed E-state index contributed by atoms with van der Waals surface area (Å²) < 4.78 is 0. The van der Waals surface area contributed by atoms with Crippen molar-refractivity contribution >= 4 is 5.91 Å². The van der Waals surface area contributed by atoms with E-state index in [1.807, 2.05) is 0 Å². The number of carbonyl (C=O) groups excluding carboxylic acids is 1. The van der Waals surface area contributed by atoms with Gasteiger partial charge in [-0.25, -0.2) is 5.84 Å². The van der Waals surface area contributed by atoms with Gasteiger partial charge >= 0.3 is 0 Å². The summed E-state index contributed by atoms with van der Waals surface area (Å²) in [6.45, 7) is 21.8. The fourth-order valence-corrected chi connectivity index (χ4v) is 4.64. The minimum atomic E-state index is -0.464. The average Bonchev–Trinajstić information content (AvgIpc) is 2.41. The van der Waals surface area contributed by atoms with Gasteiger partial charge in [-0.1, -0.05) is 75.3 Å². The first-order valence-corrected chi connectivity index (χ1v) is 9.79. The van der Waals surface area contributed by atoms with E-state index in [1.54, 1.807) is 6.07 Å². The largest absolute Gasteiger partial charge is 0.507 e. The van der Waals surface area contributed by atoms with Crippen LogP contribution in [0.25, 0.3) is 0 Å². The second-order valence-corrected chi connectivity index (χ2v) is 11.6. The van der Waals surface area contributed by atoms with E-state index in [9.17, 15) is 9.90 Å². The second-order valence-electron chi connectivity index (χ2n) is 11.6. The average molecular weight is 377 g/mol. The van der Waals surface area contributed by atoms with Gasteiger partial charge in [-0.3, -0.25) is 10.2 Å². The van der Waals surface area contributed by atoms with Crippen molar-refractivity contribution in [2.75, 3.05) is 0 Å². The predicted octanol–water partition coefficient (Wildman–Crippen LogP) is 5.42. The smallest absolute Gasteiger partial charge is 0.268 e. The van der Waals surface area contributed by atoms with Gasteiger partial charge in [0.15, 0.2) is 0 Å². The summed E-state index contributed by atoms with van der Waals surface area (Å²) in [5, 5.41) is 10.9. The monoisotopic (exact) mass is 376 g/mol. The first kappa shape index (κ1) is 23.5. The number of nitrogen functional groups attached to an aromatic ring is 1. The Labute approximate surface area is 165 Å². The highest BCUT2D eigenvalue weighted by molar-refractivity contribution is 5.97. The molecule has 4 N–H and O–H groups in total. The summed E-state index contributed by atoms with van der Waals surface area (Å²) in [5.41, 5.74) is 4.05. The van der Waals surface area contributed by atoms with Crippen LogP contribution in [0.3, 0.4) is 0 Å². The molecule has 0 aromatic heterocycles. The zero-order valence-corrected chi connectivity index (χ0v) is 19.0.